The molecule has 0 fully saturated rings. The van der Waals surface area contributed by atoms with E-state index in [9.17, 15) is 0 Å². The average Bonchev–Trinajstić information content (AvgIpc) is 2.43. The van der Waals surface area contributed by atoms with Crippen molar-refractivity contribution in [2.75, 3.05) is 0 Å². The molecule has 6 heteroatoms. The van der Waals surface area contributed by atoms with Crippen LogP contribution in [0.2, 0.25) is 0 Å². The van der Waals surface area contributed by atoms with E-state index in [1.807, 2.05) is 36.4 Å². The third-order valence-electron chi connectivity index (χ3n) is 2.58. The Bertz CT molecular complexity index is 548. The van der Waals surface area contributed by atoms with Crippen LogP contribution in [0.15, 0.2) is 54.3 Å². The summed E-state index contributed by atoms with van der Waals surface area (Å²) in [5, 5.41) is 0. The van der Waals surface area contributed by atoms with Gasteiger partial charge in [0.05, 0.1) is 0 Å². The maximum Gasteiger partial charge on any atom is 0.108 e. The highest BCUT2D eigenvalue weighted by atomic mass is 79.9. The largest absolute Gasteiger partial charge is 0.232 e. The minimum absolute atomic E-state index is 0.381. The molecule has 0 aliphatic rings. The molecule has 2 rings (SSSR count). The van der Waals surface area contributed by atoms with Crippen LogP contribution in [0.5, 0.6) is 0 Å². The van der Waals surface area contributed by atoms with Crippen molar-refractivity contribution in [1.82, 2.24) is 0 Å². The van der Waals surface area contributed by atoms with Gasteiger partial charge in [0.25, 0.3) is 0 Å². The molecular weight excluding hydrogens is 520 g/mol. The van der Waals surface area contributed by atoms with Gasteiger partial charge in [-0.1, -0.05) is 24.3 Å². The lowest BCUT2D eigenvalue weighted by molar-refractivity contribution is -0.313. The van der Waals surface area contributed by atoms with Crippen LogP contribution in [0, 0.1) is 0 Å². The summed E-state index contributed by atoms with van der Waals surface area (Å²) in [5.41, 5.74) is 2.04. The molecule has 0 bridgehead atoms. The lowest BCUT2D eigenvalue weighted by Gasteiger charge is -2.08. The zero-order chi connectivity index (χ0) is 14.5. The van der Waals surface area contributed by atoms with Crippen molar-refractivity contribution in [3.8, 4) is 0 Å². The van der Waals surface area contributed by atoms with Crippen LogP contribution in [0.3, 0.4) is 0 Å². The summed E-state index contributed by atoms with van der Waals surface area (Å²) < 4.78 is 3.95. The molecule has 0 atom stereocenters. The third-order valence-corrected chi connectivity index (χ3v) is 6.83. The van der Waals surface area contributed by atoms with Gasteiger partial charge in [-0.3, -0.25) is 0 Å². The quantitative estimate of drug-likeness (QED) is 0.254. The molecule has 0 heterocycles. The van der Waals surface area contributed by atoms with Crippen LogP contribution in [0.25, 0.3) is 0 Å². The summed E-state index contributed by atoms with van der Waals surface area (Å²) in [5.74, 6) is 0. The Kier molecular flexibility index (Phi) is 6.71. The molecule has 20 heavy (non-hydrogen) atoms. The minimum Gasteiger partial charge on any atom is -0.232 e. The van der Waals surface area contributed by atoms with E-state index >= 15 is 0 Å². The SMILES string of the molecule is Brc1cccc(COOCc2cccc(Br)c2Br)c1Br. The molecule has 0 aliphatic carbocycles. The second-order valence-electron chi connectivity index (χ2n) is 3.95. The van der Waals surface area contributed by atoms with E-state index in [0.717, 1.165) is 29.0 Å². The van der Waals surface area contributed by atoms with Crippen molar-refractivity contribution in [3.05, 3.63) is 65.4 Å². The van der Waals surface area contributed by atoms with Crippen LogP contribution >= 0.6 is 63.7 Å². The Morgan fingerprint density at radius 3 is 1.45 bits per heavy atom. The molecule has 0 aliphatic heterocycles. The summed E-state index contributed by atoms with van der Waals surface area (Å²) in [4.78, 5) is 10.5. The number of benzene rings is 2. The van der Waals surface area contributed by atoms with Gasteiger partial charge in [-0.25, -0.2) is 9.78 Å². The average molecular weight is 530 g/mol. The molecule has 0 saturated heterocycles. The first kappa shape index (κ1) is 16.6. The highest BCUT2D eigenvalue weighted by Gasteiger charge is 2.06. The lowest BCUT2D eigenvalue weighted by Crippen LogP contribution is -1.98. The van der Waals surface area contributed by atoms with E-state index in [1.54, 1.807) is 0 Å². The predicted molar refractivity (Wildman–Crippen MR) is 93.3 cm³/mol. The first-order chi connectivity index (χ1) is 9.59. The summed E-state index contributed by atoms with van der Waals surface area (Å²) in [6.45, 7) is 0.761. The van der Waals surface area contributed by atoms with E-state index in [0.29, 0.717) is 13.2 Å². The molecule has 106 valence electrons. The maximum atomic E-state index is 5.27. The van der Waals surface area contributed by atoms with E-state index in [2.05, 4.69) is 63.7 Å². The molecular formula is C14H10Br4O2. The molecule has 0 radical (unpaired) electrons. The van der Waals surface area contributed by atoms with Gasteiger partial charge < -0.3 is 0 Å². The zero-order valence-corrected chi connectivity index (χ0v) is 16.6. The van der Waals surface area contributed by atoms with Gasteiger partial charge in [-0.15, -0.1) is 0 Å². The van der Waals surface area contributed by atoms with Gasteiger partial charge in [-0.2, -0.15) is 0 Å². The summed E-state index contributed by atoms with van der Waals surface area (Å²) in [6.07, 6.45) is 0. The van der Waals surface area contributed by atoms with Crippen LogP contribution in [0.4, 0.5) is 0 Å². The fourth-order valence-electron chi connectivity index (χ4n) is 1.53. The van der Waals surface area contributed by atoms with Crippen LogP contribution in [0.1, 0.15) is 11.1 Å². The van der Waals surface area contributed by atoms with Crippen molar-refractivity contribution in [1.29, 1.82) is 0 Å². The third kappa shape index (κ3) is 4.39. The maximum absolute atomic E-state index is 5.27. The van der Waals surface area contributed by atoms with Crippen molar-refractivity contribution in [2.45, 2.75) is 13.2 Å². The van der Waals surface area contributed by atoms with Crippen LogP contribution < -0.4 is 0 Å². The van der Waals surface area contributed by atoms with E-state index in [4.69, 9.17) is 9.78 Å². The van der Waals surface area contributed by atoms with Gasteiger partial charge in [0.1, 0.15) is 13.2 Å². The Hall–Kier alpha value is 0.280. The molecule has 0 aromatic heterocycles. The normalized spacial score (nSPS) is 10.8. The Labute approximate surface area is 151 Å². The fourth-order valence-corrected chi connectivity index (χ4v) is 3.10. The summed E-state index contributed by atoms with van der Waals surface area (Å²) in [6, 6.07) is 11.8. The second-order valence-corrected chi connectivity index (χ2v) is 7.24. The van der Waals surface area contributed by atoms with Crippen molar-refractivity contribution in [2.24, 2.45) is 0 Å². The van der Waals surface area contributed by atoms with Crippen molar-refractivity contribution < 1.29 is 9.78 Å². The summed E-state index contributed by atoms with van der Waals surface area (Å²) >= 11 is 13.9. The number of halogens is 4. The Balaban J connectivity index is 1.88. The summed E-state index contributed by atoms with van der Waals surface area (Å²) in [7, 11) is 0. The van der Waals surface area contributed by atoms with E-state index in [1.165, 1.54) is 0 Å². The first-order valence-corrected chi connectivity index (χ1v) is 8.87. The molecule has 0 spiro atoms. The van der Waals surface area contributed by atoms with Crippen LogP contribution in [-0.4, -0.2) is 0 Å². The number of rotatable bonds is 5. The molecule has 0 amide bonds. The zero-order valence-electron chi connectivity index (χ0n) is 10.2. The van der Waals surface area contributed by atoms with Gasteiger partial charge in [0, 0.05) is 17.9 Å². The Morgan fingerprint density at radius 2 is 1.05 bits per heavy atom. The molecule has 2 aromatic rings. The highest BCUT2D eigenvalue weighted by molar-refractivity contribution is 9.13. The van der Waals surface area contributed by atoms with Gasteiger partial charge in [0.2, 0.25) is 0 Å². The number of hydrogen-bond acceptors (Lipinski definition) is 2. The van der Waals surface area contributed by atoms with Crippen LogP contribution in [-0.2, 0) is 23.0 Å². The molecule has 0 saturated carbocycles. The van der Waals surface area contributed by atoms with Gasteiger partial charge >= 0.3 is 0 Å². The number of hydrogen-bond donors (Lipinski definition) is 0. The smallest absolute Gasteiger partial charge is 0.108 e. The minimum atomic E-state index is 0.381. The first-order valence-electron chi connectivity index (χ1n) is 5.70. The van der Waals surface area contributed by atoms with E-state index < -0.39 is 0 Å². The molecule has 0 unspecified atom stereocenters. The monoisotopic (exact) mass is 526 g/mol. The van der Waals surface area contributed by atoms with Gasteiger partial charge in [0.15, 0.2) is 0 Å². The molecule has 2 aromatic carbocycles. The fraction of sp³-hybridized carbons (Fsp3) is 0.143. The van der Waals surface area contributed by atoms with Crippen molar-refractivity contribution >= 4 is 63.7 Å². The van der Waals surface area contributed by atoms with Gasteiger partial charge in [-0.05, 0) is 87.0 Å². The Morgan fingerprint density at radius 1 is 0.650 bits per heavy atom. The lowest BCUT2D eigenvalue weighted by atomic mass is 10.2. The molecule has 2 nitrogen and oxygen atoms in total. The van der Waals surface area contributed by atoms with Crippen molar-refractivity contribution in [3.63, 3.8) is 0 Å². The standard InChI is InChI=1S/C14H10Br4O2/c15-11-5-1-3-9(13(11)17)7-19-20-8-10-4-2-6-12(16)14(10)18/h1-6H,7-8H2. The highest BCUT2D eigenvalue weighted by Crippen LogP contribution is 2.28. The second kappa shape index (κ2) is 8.06. The topological polar surface area (TPSA) is 18.5 Å². The predicted octanol–water partition coefficient (Wildman–Crippen LogP) is 6.39. The molecule has 0 N–H and O–H groups in total. The van der Waals surface area contributed by atoms with E-state index in [-0.39, 0.29) is 0 Å².